The maximum absolute atomic E-state index is 12.2. The molecule has 120 valence electrons. The number of carbonyl (C=O) groups excluding carboxylic acids is 1. The summed E-state index contributed by atoms with van der Waals surface area (Å²) in [4.78, 5) is 14.5. The highest BCUT2D eigenvalue weighted by Crippen LogP contribution is 2.35. The summed E-state index contributed by atoms with van der Waals surface area (Å²) in [6.45, 7) is 2.55. The van der Waals surface area contributed by atoms with Crippen molar-refractivity contribution in [2.24, 2.45) is 11.8 Å². The van der Waals surface area contributed by atoms with Gasteiger partial charge in [-0.3, -0.25) is 9.69 Å². The smallest absolute Gasteiger partial charge is 0.238 e. The van der Waals surface area contributed by atoms with Gasteiger partial charge in [0.05, 0.1) is 6.54 Å². The lowest BCUT2D eigenvalue weighted by Gasteiger charge is -2.41. The highest BCUT2D eigenvalue weighted by atomic mass is 35.5. The van der Waals surface area contributed by atoms with Gasteiger partial charge in [-0.1, -0.05) is 42.5 Å². The van der Waals surface area contributed by atoms with Gasteiger partial charge in [-0.2, -0.15) is 0 Å². The molecule has 1 saturated heterocycles. The predicted octanol–water partition coefficient (Wildman–Crippen LogP) is 4.44. The molecular formula is C17H22Cl2N2O. The number of hydrogen-bond acceptors (Lipinski definition) is 2. The number of likely N-dealkylation sites (tertiary alicyclic amines) is 1. The van der Waals surface area contributed by atoms with E-state index in [-0.39, 0.29) is 5.91 Å². The van der Waals surface area contributed by atoms with Gasteiger partial charge in [0.2, 0.25) is 5.91 Å². The average molecular weight is 341 g/mol. The largest absolute Gasteiger partial charge is 0.325 e. The lowest BCUT2D eigenvalue weighted by Crippen LogP contribution is -2.44. The molecule has 2 fully saturated rings. The number of anilines is 1. The first-order chi connectivity index (χ1) is 10.6. The second-order valence-corrected chi connectivity index (χ2v) is 7.41. The first-order valence-corrected chi connectivity index (χ1v) is 8.84. The molecule has 1 N–H and O–H groups in total. The molecule has 0 radical (unpaired) electrons. The molecule has 2 aliphatic rings. The molecule has 0 spiro atoms. The van der Waals surface area contributed by atoms with Gasteiger partial charge in [0.1, 0.15) is 0 Å². The zero-order valence-corrected chi connectivity index (χ0v) is 14.2. The van der Waals surface area contributed by atoms with Crippen molar-refractivity contribution in [3.05, 3.63) is 28.2 Å². The molecule has 2 atom stereocenters. The van der Waals surface area contributed by atoms with E-state index in [1.807, 2.05) is 0 Å². The van der Waals surface area contributed by atoms with E-state index in [2.05, 4.69) is 10.2 Å². The van der Waals surface area contributed by atoms with Gasteiger partial charge in [-0.05, 0) is 49.4 Å². The van der Waals surface area contributed by atoms with Crippen molar-refractivity contribution in [3.63, 3.8) is 0 Å². The summed E-state index contributed by atoms with van der Waals surface area (Å²) >= 11 is 11.9. The normalized spacial score (nSPS) is 25.5. The molecule has 0 unspecified atom stereocenters. The number of halogens is 2. The Bertz CT molecular complexity index is 529. The second-order valence-electron chi connectivity index (χ2n) is 6.53. The highest BCUT2D eigenvalue weighted by molar-refractivity contribution is 6.35. The van der Waals surface area contributed by atoms with E-state index < -0.39 is 0 Å². The standard InChI is InChI=1S/C17H22Cl2N2O/c18-14-7-15(19)9-16(8-14)20-17(22)11-21-6-5-12-3-1-2-4-13(12)10-21/h7-9,12-13H,1-6,10-11H2,(H,20,22)/t12-,13-/m0/s1. The Morgan fingerprint density at radius 3 is 2.50 bits per heavy atom. The van der Waals surface area contributed by atoms with Gasteiger partial charge in [0.25, 0.3) is 0 Å². The number of piperidine rings is 1. The van der Waals surface area contributed by atoms with Crippen LogP contribution in [0.15, 0.2) is 18.2 Å². The van der Waals surface area contributed by atoms with Gasteiger partial charge < -0.3 is 5.32 Å². The van der Waals surface area contributed by atoms with Gasteiger partial charge in [0.15, 0.2) is 0 Å². The highest BCUT2D eigenvalue weighted by Gasteiger charge is 2.31. The molecule has 0 aromatic heterocycles. The molecule has 1 heterocycles. The van der Waals surface area contributed by atoms with E-state index in [1.165, 1.54) is 32.1 Å². The van der Waals surface area contributed by atoms with Crippen LogP contribution in [-0.2, 0) is 4.79 Å². The molecular weight excluding hydrogens is 319 g/mol. The van der Waals surface area contributed by atoms with Crippen LogP contribution in [-0.4, -0.2) is 30.4 Å². The number of rotatable bonds is 3. The maximum Gasteiger partial charge on any atom is 0.238 e. The fraction of sp³-hybridized carbons (Fsp3) is 0.588. The van der Waals surface area contributed by atoms with Crippen LogP contribution >= 0.6 is 23.2 Å². The van der Waals surface area contributed by atoms with E-state index in [9.17, 15) is 4.79 Å². The zero-order valence-electron chi connectivity index (χ0n) is 12.7. The van der Waals surface area contributed by atoms with E-state index in [0.717, 1.165) is 24.9 Å². The van der Waals surface area contributed by atoms with Gasteiger partial charge in [-0.15, -0.1) is 0 Å². The number of nitrogens with zero attached hydrogens (tertiary/aromatic N) is 1. The van der Waals surface area contributed by atoms with E-state index in [1.54, 1.807) is 18.2 Å². The van der Waals surface area contributed by atoms with Crippen molar-refractivity contribution < 1.29 is 4.79 Å². The minimum absolute atomic E-state index is 0.00703. The van der Waals surface area contributed by atoms with E-state index >= 15 is 0 Å². The summed E-state index contributed by atoms with van der Waals surface area (Å²) < 4.78 is 0. The van der Waals surface area contributed by atoms with Crippen LogP contribution in [0.2, 0.25) is 10.0 Å². The third-order valence-corrected chi connectivity index (χ3v) is 5.33. The maximum atomic E-state index is 12.2. The van der Waals surface area contributed by atoms with Crippen LogP contribution in [0.25, 0.3) is 0 Å². The van der Waals surface area contributed by atoms with Gasteiger partial charge in [-0.25, -0.2) is 0 Å². The van der Waals surface area contributed by atoms with Gasteiger partial charge >= 0.3 is 0 Å². The summed E-state index contributed by atoms with van der Waals surface area (Å²) in [7, 11) is 0. The zero-order chi connectivity index (χ0) is 15.5. The minimum atomic E-state index is 0.00703. The number of fused-ring (bicyclic) bond motifs is 1. The van der Waals surface area contributed by atoms with Crippen LogP contribution in [0.3, 0.4) is 0 Å². The fourth-order valence-corrected chi connectivity index (χ4v) is 4.38. The Hall–Kier alpha value is -0.770. The molecule has 1 aliphatic heterocycles. The summed E-state index contributed by atoms with van der Waals surface area (Å²) in [6, 6.07) is 5.10. The molecule has 3 rings (SSSR count). The summed E-state index contributed by atoms with van der Waals surface area (Å²) in [6.07, 6.45) is 6.68. The SMILES string of the molecule is O=C(CN1CC[C@@H]2CCCC[C@H]2C1)Nc1cc(Cl)cc(Cl)c1. The Morgan fingerprint density at radius 1 is 1.09 bits per heavy atom. The lowest BCUT2D eigenvalue weighted by molar-refractivity contribution is -0.118. The van der Waals surface area contributed by atoms with Crippen molar-refractivity contribution in [2.75, 3.05) is 25.0 Å². The summed E-state index contributed by atoms with van der Waals surface area (Å²) in [5.74, 6) is 1.68. The molecule has 22 heavy (non-hydrogen) atoms. The molecule has 1 aromatic carbocycles. The monoisotopic (exact) mass is 340 g/mol. The van der Waals surface area contributed by atoms with Crippen LogP contribution in [0.4, 0.5) is 5.69 Å². The fourth-order valence-electron chi connectivity index (χ4n) is 3.85. The third kappa shape index (κ3) is 4.15. The second kappa shape index (κ2) is 7.20. The Kier molecular flexibility index (Phi) is 5.27. The first kappa shape index (κ1) is 16.1. The Labute approximate surface area is 142 Å². The van der Waals surface area contributed by atoms with Crippen molar-refractivity contribution in [2.45, 2.75) is 32.1 Å². The van der Waals surface area contributed by atoms with Crippen LogP contribution in [0, 0.1) is 11.8 Å². The number of amides is 1. The third-order valence-electron chi connectivity index (χ3n) is 4.89. The molecule has 1 aliphatic carbocycles. The molecule has 1 aromatic rings. The van der Waals surface area contributed by atoms with Crippen molar-refractivity contribution in [1.29, 1.82) is 0 Å². The number of hydrogen-bond donors (Lipinski definition) is 1. The summed E-state index contributed by atoms with van der Waals surface area (Å²) in [5, 5.41) is 3.96. The molecule has 5 heteroatoms. The van der Waals surface area contributed by atoms with Crippen molar-refractivity contribution >= 4 is 34.8 Å². The lowest BCUT2D eigenvalue weighted by atomic mass is 9.75. The summed E-state index contributed by atoms with van der Waals surface area (Å²) in [5.41, 5.74) is 0.662. The Balaban J connectivity index is 1.53. The first-order valence-electron chi connectivity index (χ1n) is 8.08. The molecule has 1 amide bonds. The van der Waals surface area contributed by atoms with Crippen molar-refractivity contribution in [3.8, 4) is 0 Å². The Morgan fingerprint density at radius 2 is 1.77 bits per heavy atom. The van der Waals surface area contributed by atoms with E-state index in [0.29, 0.717) is 22.3 Å². The minimum Gasteiger partial charge on any atom is -0.325 e. The number of carbonyl (C=O) groups is 1. The van der Waals surface area contributed by atoms with Crippen molar-refractivity contribution in [1.82, 2.24) is 4.90 Å². The molecule has 0 bridgehead atoms. The van der Waals surface area contributed by atoms with Crippen LogP contribution in [0.5, 0.6) is 0 Å². The molecule has 1 saturated carbocycles. The van der Waals surface area contributed by atoms with E-state index in [4.69, 9.17) is 23.2 Å². The van der Waals surface area contributed by atoms with Crippen LogP contribution < -0.4 is 5.32 Å². The quantitative estimate of drug-likeness (QED) is 0.881. The molecule has 3 nitrogen and oxygen atoms in total. The predicted molar refractivity (Wildman–Crippen MR) is 91.6 cm³/mol. The number of benzene rings is 1. The van der Waals surface area contributed by atoms with Gasteiger partial charge in [0, 0.05) is 22.3 Å². The number of nitrogens with one attached hydrogen (secondary N) is 1. The van der Waals surface area contributed by atoms with Crippen LogP contribution in [0.1, 0.15) is 32.1 Å². The topological polar surface area (TPSA) is 32.3 Å². The average Bonchev–Trinajstić information content (AvgIpc) is 2.45.